The number of hydrogen-bond acceptors (Lipinski definition) is 3. The first-order chi connectivity index (χ1) is 16.1. The molecule has 5 rings (SSSR count). The molecule has 3 heterocycles. The van der Waals surface area contributed by atoms with Crippen molar-refractivity contribution in [3.63, 3.8) is 0 Å². The molecule has 9 heteroatoms. The Morgan fingerprint density at radius 2 is 1.76 bits per heavy atom. The fourth-order valence-electron chi connectivity index (χ4n) is 6.02. The number of amides is 2. The maximum atomic E-state index is 13.2. The molecule has 34 heavy (non-hydrogen) atoms. The van der Waals surface area contributed by atoms with Crippen LogP contribution >= 0.6 is 0 Å². The smallest absolute Gasteiger partial charge is 0.352 e. The van der Waals surface area contributed by atoms with Crippen LogP contribution in [0.2, 0.25) is 0 Å². The SMILES string of the molecule is Cc1c(C(=O)NC[C@@H]2C[C@H]3CC[C@@H](C2)N3CC(=O)NC2(C(F)(F)F)CC2)c2ccccc2n1C. The number of piperidine rings is 1. The van der Waals surface area contributed by atoms with E-state index in [1.165, 1.54) is 0 Å². The zero-order chi connectivity index (χ0) is 24.3. The summed E-state index contributed by atoms with van der Waals surface area (Å²) in [6, 6.07) is 8.20. The number of para-hydroxylation sites is 1. The summed E-state index contributed by atoms with van der Waals surface area (Å²) in [5.74, 6) is -0.323. The molecule has 1 aromatic heterocycles. The van der Waals surface area contributed by atoms with Crippen molar-refractivity contribution in [3.8, 4) is 0 Å². The quantitative estimate of drug-likeness (QED) is 0.669. The number of alkyl halides is 3. The number of rotatable bonds is 6. The average Bonchev–Trinajstić information content (AvgIpc) is 3.48. The van der Waals surface area contributed by atoms with Crippen LogP contribution < -0.4 is 10.6 Å². The number of fused-ring (bicyclic) bond motifs is 3. The molecular formula is C25H31F3N4O2. The summed E-state index contributed by atoms with van der Waals surface area (Å²) in [7, 11) is 1.96. The van der Waals surface area contributed by atoms with E-state index in [1.54, 1.807) is 0 Å². The van der Waals surface area contributed by atoms with Gasteiger partial charge in [-0.15, -0.1) is 0 Å². The predicted octanol–water partition coefficient (Wildman–Crippen LogP) is 3.67. The van der Waals surface area contributed by atoms with Gasteiger partial charge in [-0.1, -0.05) is 18.2 Å². The third-order valence-corrected chi connectivity index (χ3v) is 8.16. The molecular weight excluding hydrogens is 445 g/mol. The van der Waals surface area contributed by atoms with Crippen molar-refractivity contribution >= 4 is 22.7 Å². The minimum Gasteiger partial charge on any atom is -0.352 e. The fourth-order valence-corrected chi connectivity index (χ4v) is 6.02. The van der Waals surface area contributed by atoms with E-state index < -0.39 is 17.6 Å². The lowest BCUT2D eigenvalue weighted by atomic mass is 9.90. The van der Waals surface area contributed by atoms with Gasteiger partial charge in [0.15, 0.2) is 0 Å². The Kier molecular flexibility index (Phi) is 5.66. The Labute approximate surface area is 196 Å². The maximum absolute atomic E-state index is 13.2. The molecule has 2 aliphatic heterocycles. The van der Waals surface area contributed by atoms with E-state index in [0.29, 0.717) is 18.0 Å². The molecule has 3 atom stereocenters. The second kappa shape index (κ2) is 8.29. The normalized spacial score (nSPS) is 26.0. The van der Waals surface area contributed by atoms with Gasteiger partial charge in [0.2, 0.25) is 5.91 Å². The van der Waals surface area contributed by atoms with Crippen molar-refractivity contribution in [1.82, 2.24) is 20.1 Å². The van der Waals surface area contributed by atoms with Crippen LogP contribution in [-0.2, 0) is 11.8 Å². The first-order valence-corrected chi connectivity index (χ1v) is 12.1. The highest BCUT2D eigenvalue weighted by molar-refractivity contribution is 6.08. The topological polar surface area (TPSA) is 66.4 Å². The Bertz CT molecular complexity index is 1110. The zero-order valence-corrected chi connectivity index (χ0v) is 19.5. The monoisotopic (exact) mass is 476 g/mol. The minimum absolute atomic E-state index is 0.0153. The van der Waals surface area contributed by atoms with E-state index in [-0.39, 0.29) is 37.4 Å². The minimum atomic E-state index is -4.39. The molecule has 0 unspecified atom stereocenters. The van der Waals surface area contributed by atoms with Crippen LogP contribution in [0.25, 0.3) is 10.9 Å². The van der Waals surface area contributed by atoms with Crippen LogP contribution in [0.15, 0.2) is 24.3 Å². The van der Waals surface area contributed by atoms with Gasteiger partial charge < -0.3 is 15.2 Å². The van der Waals surface area contributed by atoms with Gasteiger partial charge in [-0.05, 0) is 57.4 Å². The zero-order valence-electron chi connectivity index (χ0n) is 19.5. The van der Waals surface area contributed by atoms with E-state index >= 15 is 0 Å². The van der Waals surface area contributed by atoms with Crippen LogP contribution in [0.3, 0.4) is 0 Å². The summed E-state index contributed by atoms with van der Waals surface area (Å²) < 4.78 is 41.5. The highest BCUT2D eigenvalue weighted by Gasteiger charge is 2.64. The van der Waals surface area contributed by atoms with Gasteiger partial charge in [0.25, 0.3) is 5.91 Å². The number of aryl methyl sites for hydroxylation is 1. The van der Waals surface area contributed by atoms with Gasteiger partial charge in [0.1, 0.15) is 5.54 Å². The third-order valence-electron chi connectivity index (χ3n) is 8.16. The van der Waals surface area contributed by atoms with Gasteiger partial charge in [-0.3, -0.25) is 14.5 Å². The summed E-state index contributed by atoms with van der Waals surface area (Å²) >= 11 is 0. The molecule has 1 saturated carbocycles. The lowest BCUT2D eigenvalue weighted by molar-refractivity contribution is -0.170. The lowest BCUT2D eigenvalue weighted by Gasteiger charge is -2.39. The number of halogens is 3. The summed E-state index contributed by atoms with van der Waals surface area (Å²) in [6.45, 7) is 2.52. The molecule has 2 amide bonds. The molecule has 184 valence electrons. The van der Waals surface area contributed by atoms with Crippen LogP contribution in [0.5, 0.6) is 0 Å². The number of nitrogens with one attached hydrogen (secondary N) is 2. The van der Waals surface area contributed by atoms with Gasteiger partial charge in [0.05, 0.1) is 12.1 Å². The molecule has 1 aromatic carbocycles. The number of carbonyl (C=O) groups excluding carboxylic acids is 2. The number of hydrogen-bond donors (Lipinski definition) is 2. The highest BCUT2D eigenvalue weighted by Crippen LogP contribution is 2.49. The third kappa shape index (κ3) is 3.97. The van der Waals surface area contributed by atoms with E-state index in [0.717, 1.165) is 42.3 Å². The van der Waals surface area contributed by atoms with Gasteiger partial charge in [0, 0.05) is 42.3 Å². The molecule has 2 N–H and O–H groups in total. The van der Waals surface area contributed by atoms with Gasteiger partial charge in [-0.25, -0.2) is 0 Å². The molecule has 2 aromatic rings. The molecule has 6 nitrogen and oxygen atoms in total. The van der Waals surface area contributed by atoms with Crippen molar-refractivity contribution in [2.24, 2.45) is 13.0 Å². The van der Waals surface area contributed by atoms with E-state index in [1.807, 2.05) is 42.8 Å². The second-order valence-corrected chi connectivity index (χ2v) is 10.3. The molecule has 3 fully saturated rings. The van der Waals surface area contributed by atoms with Crippen LogP contribution in [0, 0.1) is 12.8 Å². The largest absolute Gasteiger partial charge is 0.411 e. The summed E-state index contributed by atoms with van der Waals surface area (Å²) in [6.07, 6.45) is -0.911. The Balaban J connectivity index is 1.17. The number of aromatic nitrogens is 1. The van der Waals surface area contributed by atoms with E-state index in [4.69, 9.17) is 0 Å². The van der Waals surface area contributed by atoms with Gasteiger partial charge >= 0.3 is 6.18 Å². The van der Waals surface area contributed by atoms with E-state index in [9.17, 15) is 22.8 Å². The average molecular weight is 477 g/mol. The Morgan fingerprint density at radius 3 is 2.38 bits per heavy atom. The van der Waals surface area contributed by atoms with Crippen molar-refractivity contribution in [2.75, 3.05) is 13.1 Å². The Morgan fingerprint density at radius 1 is 1.12 bits per heavy atom. The van der Waals surface area contributed by atoms with Crippen molar-refractivity contribution in [2.45, 2.75) is 69.2 Å². The summed E-state index contributed by atoms with van der Waals surface area (Å²) in [4.78, 5) is 27.6. The number of nitrogens with zero attached hydrogens (tertiary/aromatic N) is 2. The number of carbonyl (C=O) groups is 2. The predicted molar refractivity (Wildman–Crippen MR) is 122 cm³/mol. The van der Waals surface area contributed by atoms with Crippen molar-refractivity contribution in [3.05, 3.63) is 35.5 Å². The molecule has 0 spiro atoms. The molecule has 2 bridgehead atoms. The van der Waals surface area contributed by atoms with Gasteiger partial charge in [-0.2, -0.15) is 13.2 Å². The first kappa shape index (κ1) is 23.2. The van der Waals surface area contributed by atoms with Crippen LogP contribution in [0.4, 0.5) is 13.2 Å². The van der Waals surface area contributed by atoms with E-state index in [2.05, 4.69) is 15.5 Å². The van der Waals surface area contributed by atoms with Crippen LogP contribution in [0.1, 0.15) is 54.6 Å². The molecule has 3 aliphatic rings. The Hall–Kier alpha value is -2.55. The number of benzene rings is 1. The lowest BCUT2D eigenvalue weighted by Crippen LogP contribution is -2.54. The maximum Gasteiger partial charge on any atom is 0.411 e. The molecule has 2 saturated heterocycles. The molecule has 0 radical (unpaired) electrons. The summed E-state index contributed by atoms with van der Waals surface area (Å²) in [5.41, 5.74) is 0.639. The first-order valence-electron chi connectivity index (χ1n) is 12.1. The summed E-state index contributed by atoms with van der Waals surface area (Å²) in [5, 5.41) is 6.31. The fraction of sp³-hybridized carbons (Fsp3) is 0.600. The van der Waals surface area contributed by atoms with Crippen LogP contribution in [-0.4, -0.2) is 58.2 Å². The standard InChI is InChI=1S/C25H31F3N4O2/c1-15-22(19-5-3-4-6-20(19)31(15)2)23(34)29-13-16-11-17-7-8-18(12-16)32(17)14-21(33)30-24(9-10-24)25(26,27)28/h3-6,16-18H,7-14H2,1-2H3,(H,29,34)(H,30,33)/t16-,17-,18+. The van der Waals surface area contributed by atoms with Crippen molar-refractivity contribution in [1.29, 1.82) is 0 Å². The highest BCUT2D eigenvalue weighted by atomic mass is 19.4. The molecule has 1 aliphatic carbocycles. The second-order valence-electron chi connectivity index (χ2n) is 10.3. The van der Waals surface area contributed by atoms with Crippen molar-refractivity contribution < 1.29 is 22.8 Å².